The van der Waals surface area contributed by atoms with Gasteiger partial charge in [0.15, 0.2) is 0 Å². The fourth-order valence-corrected chi connectivity index (χ4v) is 1.37. The Morgan fingerprint density at radius 1 is 1.40 bits per heavy atom. The molecule has 2 N–H and O–H groups in total. The van der Waals surface area contributed by atoms with Gasteiger partial charge in [0.1, 0.15) is 6.10 Å². The van der Waals surface area contributed by atoms with Crippen LogP contribution in [0.2, 0.25) is 0 Å². The third-order valence-corrected chi connectivity index (χ3v) is 1.98. The maximum atomic E-state index is 9.94. The minimum atomic E-state index is -0.0220. The van der Waals surface area contributed by atoms with Crippen LogP contribution >= 0.6 is 0 Å². The van der Waals surface area contributed by atoms with Gasteiger partial charge in [0.25, 0.3) is 6.47 Å². The van der Waals surface area contributed by atoms with Crippen LogP contribution in [-0.2, 0) is 9.53 Å². The normalized spacial score (nSPS) is 33.3. The molecule has 3 nitrogen and oxygen atoms in total. The summed E-state index contributed by atoms with van der Waals surface area (Å²) >= 11 is 0. The number of carbonyl (C=O) groups is 1. The molecule has 0 heterocycles. The lowest BCUT2D eigenvalue weighted by Crippen LogP contribution is -2.39. The van der Waals surface area contributed by atoms with Gasteiger partial charge in [-0.3, -0.25) is 4.79 Å². The molecule has 10 heavy (non-hydrogen) atoms. The largest absolute Gasteiger partial charge is 0.463 e. The monoisotopic (exact) mass is 143 g/mol. The van der Waals surface area contributed by atoms with Crippen LogP contribution in [-0.4, -0.2) is 18.6 Å². The lowest BCUT2D eigenvalue weighted by Gasteiger charge is -2.26. The minimum absolute atomic E-state index is 0.0220. The van der Waals surface area contributed by atoms with Gasteiger partial charge in [-0.1, -0.05) is 6.42 Å². The van der Waals surface area contributed by atoms with Crippen LogP contribution < -0.4 is 5.73 Å². The van der Waals surface area contributed by atoms with E-state index < -0.39 is 0 Å². The summed E-state index contributed by atoms with van der Waals surface area (Å²) in [6, 6.07) is 0.0685. The van der Waals surface area contributed by atoms with E-state index in [1.54, 1.807) is 0 Å². The first-order valence-electron chi connectivity index (χ1n) is 3.69. The Kier molecular flexibility index (Phi) is 2.68. The van der Waals surface area contributed by atoms with Crippen LogP contribution in [0.4, 0.5) is 0 Å². The molecule has 0 aliphatic heterocycles. The number of ether oxygens (including phenoxy) is 1. The third-order valence-electron chi connectivity index (χ3n) is 1.98. The molecule has 0 amide bonds. The zero-order chi connectivity index (χ0) is 7.40. The van der Waals surface area contributed by atoms with Gasteiger partial charge >= 0.3 is 0 Å². The molecule has 0 unspecified atom stereocenters. The molecule has 0 aromatic carbocycles. The lowest BCUT2D eigenvalue weighted by atomic mass is 9.93. The fraction of sp³-hybridized carbons (Fsp3) is 0.857. The molecule has 1 aliphatic rings. The van der Waals surface area contributed by atoms with Crippen LogP contribution in [0.1, 0.15) is 25.7 Å². The second kappa shape index (κ2) is 3.56. The summed E-state index contributed by atoms with van der Waals surface area (Å²) in [6.07, 6.45) is 4.19. The maximum Gasteiger partial charge on any atom is 0.293 e. The Hall–Kier alpha value is -0.570. The summed E-state index contributed by atoms with van der Waals surface area (Å²) in [5.74, 6) is 0. The average molecular weight is 143 g/mol. The van der Waals surface area contributed by atoms with Gasteiger partial charge in [-0.25, -0.2) is 0 Å². The molecule has 0 spiro atoms. The Morgan fingerprint density at radius 2 is 2.10 bits per heavy atom. The van der Waals surface area contributed by atoms with Gasteiger partial charge in [0, 0.05) is 6.04 Å². The summed E-state index contributed by atoms with van der Waals surface area (Å²) in [5, 5.41) is 0. The van der Waals surface area contributed by atoms with Crippen molar-refractivity contribution in [1.29, 1.82) is 0 Å². The van der Waals surface area contributed by atoms with Crippen molar-refractivity contribution in [2.24, 2.45) is 5.73 Å². The Bertz CT molecular complexity index is 116. The van der Waals surface area contributed by atoms with Crippen LogP contribution in [0.15, 0.2) is 0 Å². The van der Waals surface area contributed by atoms with E-state index in [1.807, 2.05) is 0 Å². The van der Waals surface area contributed by atoms with Crippen molar-refractivity contribution in [1.82, 2.24) is 0 Å². The van der Waals surface area contributed by atoms with Crippen molar-refractivity contribution >= 4 is 6.47 Å². The second-order valence-corrected chi connectivity index (χ2v) is 2.72. The topological polar surface area (TPSA) is 52.3 Å². The third kappa shape index (κ3) is 1.70. The van der Waals surface area contributed by atoms with Crippen LogP contribution in [0.3, 0.4) is 0 Å². The minimum Gasteiger partial charge on any atom is -0.463 e. The van der Waals surface area contributed by atoms with Crippen molar-refractivity contribution in [2.75, 3.05) is 0 Å². The van der Waals surface area contributed by atoms with E-state index >= 15 is 0 Å². The summed E-state index contributed by atoms with van der Waals surface area (Å²) in [7, 11) is 0. The summed E-state index contributed by atoms with van der Waals surface area (Å²) in [6.45, 7) is 0.496. The first-order chi connectivity index (χ1) is 4.84. The first kappa shape index (κ1) is 7.54. The number of nitrogens with two attached hydrogens (primary N) is 1. The molecule has 1 rings (SSSR count). The number of hydrogen-bond acceptors (Lipinski definition) is 3. The molecular weight excluding hydrogens is 130 g/mol. The van der Waals surface area contributed by atoms with Gasteiger partial charge in [-0.15, -0.1) is 0 Å². The molecule has 1 fully saturated rings. The van der Waals surface area contributed by atoms with Crippen LogP contribution in [0.5, 0.6) is 0 Å². The van der Waals surface area contributed by atoms with Crippen molar-refractivity contribution in [3.05, 3.63) is 0 Å². The first-order valence-corrected chi connectivity index (χ1v) is 3.69. The molecule has 0 aromatic heterocycles. The summed E-state index contributed by atoms with van der Waals surface area (Å²) < 4.78 is 4.79. The average Bonchev–Trinajstić information content (AvgIpc) is 1.94. The van der Waals surface area contributed by atoms with Gasteiger partial charge < -0.3 is 10.5 Å². The molecule has 3 heteroatoms. The van der Waals surface area contributed by atoms with Crippen molar-refractivity contribution in [2.45, 2.75) is 37.8 Å². The number of rotatable bonds is 2. The van der Waals surface area contributed by atoms with Gasteiger partial charge in [0.2, 0.25) is 0 Å². The Balaban J connectivity index is 2.32. The molecule has 1 saturated carbocycles. The highest BCUT2D eigenvalue weighted by atomic mass is 16.5. The molecule has 58 valence electrons. The lowest BCUT2D eigenvalue weighted by molar-refractivity contribution is -0.135. The van der Waals surface area contributed by atoms with Crippen molar-refractivity contribution in [3.8, 4) is 0 Å². The van der Waals surface area contributed by atoms with Gasteiger partial charge in [-0.05, 0) is 19.3 Å². The highest BCUT2D eigenvalue weighted by Crippen LogP contribution is 2.18. The molecule has 2 atom stereocenters. The fourth-order valence-electron chi connectivity index (χ4n) is 1.37. The smallest absolute Gasteiger partial charge is 0.293 e. The predicted molar refractivity (Wildman–Crippen MR) is 37.4 cm³/mol. The van der Waals surface area contributed by atoms with Crippen molar-refractivity contribution < 1.29 is 9.53 Å². The molecular formula is C7H13NO2. The molecule has 0 radical (unpaired) electrons. The van der Waals surface area contributed by atoms with E-state index in [0.717, 1.165) is 19.3 Å². The SMILES string of the molecule is N[C@H]1CCCC[C@@H]1OC=O. The van der Waals surface area contributed by atoms with Gasteiger partial charge in [0.05, 0.1) is 0 Å². The molecule has 0 saturated heterocycles. The highest BCUT2D eigenvalue weighted by Gasteiger charge is 2.22. The zero-order valence-electron chi connectivity index (χ0n) is 5.95. The quantitative estimate of drug-likeness (QED) is 0.570. The van der Waals surface area contributed by atoms with Gasteiger partial charge in [-0.2, -0.15) is 0 Å². The maximum absolute atomic E-state index is 9.94. The van der Waals surface area contributed by atoms with E-state index in [4.69, 9.17) is 10.5 Å². The zero-order valence-corrected chi connectivity index (χ0v) is 5.95. The van der Waals surface area contributed by atoms with Crippen LogP contribution in [0.25, 0.3) is 0 Å². The van der Waals surface area contributed by atoms with E-state index in [1.165, 1.54) is 6.42 Å². The summed E-state index contributed by atoms with van der Waals surface area (Å²) in [4.78, 5) is 9.94. The standard InChI is InChI=1S/C7H13NO2/c8-6-3-1-2-4-7(6)10-5-9/h5-7H,1-4,8H2/t6-,7-/m0/s1. The van der Waals surface area contributed by atoms with E-state index in [9.17, 15) is 4.79 Å². The molecule has 0 aromatic rings. The Labute approximate surface area is 60.5 Å². The summed E-state index contributed by atoms with van der Waals surface area (Å²) in [5.41, 5.74) is 5.68. The van der Waals surface area contributed by atoms with E-state index in [2.05, 4.69) is 0 Å². The van der Waals surface area contributed by atoms with E-state index in [-0.39, 0.29) is 12.1 Å². The number of carbonyl (C=O) groups excluding carboxylic acids is 1. The molecule has 0 bridgehead atoms. The van der Waals surface area contributed by atoms with Crippen molar-refractivity contribution in [3.63, 3.8) is 0 Å². The predicted octanol–water partition coefficient (Wildman–Crippen LogP) is 0.429. The van der Waals surface area contributed by atoms with Crippen LogP contribution in [0, 0.1) is 0 Å². The second-order valence-electron chi connectivity index (χ2n) is 2.72. The highest BCUT2D eigenvalue weighted by molar-refractivity contribution is 5.37. The number of hydrogen-bond donors (Lipinski definition) is 1. The molecule has 1 aliphatic carbocycles. The van der Waals surface area contributed by atoms with E-state index in [0.29, 0.717) is 6.47 Å². The Morgan fingerprint density at radius 3 is 2.70 bits per heavy atom.